The van der Waals surface area contributed by atoms with E-state index in [4.69, 9.17) is 9.47 Å². The summed E-state index contributed by atoms with van der Waals surface area (Å²) in [5, 5.41) is 0. The largest absolute Gasteiger partial charge is 0.450 e. The number of aromatic nitrogens is 4. The van der Waals surface area contributed by atoms with Crippen LogP contribution in [0.2, 0.25) is 0 Å². The quantitative estimate of drug-likeness (QED) is 0.434. The third kappa shape index (κ3) is 5.30. The van der Waals surface area contributed by atoms with Gasteiger partial charge in [0.05, 0.1) is 11.9 Å². The van der Waals surface area contributed by atoms with Gasteiger partial charge in [-0.1, -0.05) is 13.8 Å². The normalized spacial score (nSPS) is 19.6. The van der Waals surface area contributed by atoms with Gasteiger partial charge in [-0.25, -0.2) is 24.1 Å². The fourth-order valence-corrected chi connectivity index (χ4v) is 5.32. The SMILES string of the molecule is CC(C)c1nccn1-c1cc(F)ccc1Oc1cncnc1N1CCC2(CCN(C(=O)OC(C)(C)C)C2)C1. The van der Waals surface area contributed by atoms with Crippen molar-refractivity contribution < 1.29 is 18.7 Å². The van der Waals surface area contributed by atoms with Gasteiger partial charge >= 0.3 is 6.09 Å². The monoisotopic (exact) mass is 522 g/mol. The van der Waals surface area contributed by atoms with E-state index < -0.39 is 5.60 Å². The molecule has 0 saturated carbocycles. The van der Waals surface area contributed by atoms with Gasteiger partial charge in [-0.05, 0) is 45.7 Å². The molecule has 5 rings (SSSR count). The maximum atomic E-state index is 14.3. The first kappa shape index (κ1) is 25.9. The number of ether oxygens (including phenoxy) is 2. The summed E-state index contributed by atoms with van der Waals surface area (Å²) in [7, 11) is 0. The summed E-state index contributed by atoms with van der Waals surface area (Å²) in [6.45, 7) is 12.6. The van der Waals surface area contributed by atoms with Crippen LogP contribution in [0.3, 0.4) is 0 Å². The van der Waals surface area contributed by atoms with Gasteiger partial charge in [-0.3, -0.25) is 4.57 Å². The van der Waals surface area contributed by atoms with Crippen LogP contribution in [0.5, 0.6) is 11.5 Å². The third-order valence-electron chi connectivity index (χ3n) is 7.07. The van der Waals surface area contributed by atoms with Crippen molar-refractivity contribution in [3.8, 4) is 17.2 Å². The summed E-state index contributed by atoms with van der Waals surface area (Å²) in [5.74, 6) is 2.24. The number of benzene rings is 1. The molecule has 9 nitrogen and oxygen atoms in total. The summed E-state index contributed by atoms with van der Waals surface area (Å²) in [6.07, 6.45) is 8.23. The number of hydrogen-bond acceptors (Lipinski definition) is 7. The van der Waals surface area contributed by atoms with Crippen molar-refractivity contribution in [1.29, 1.82) is 0 Å². The zero-order valence-corrected chi connectivity index (χ0v) is 22.6. The second-order valence-corrected chi connectivity index (χ2v) is 11.6. The highest BCUT2D eigenvalue weighted by Crippen LogP contribution is 2.43. The molecule has 2 saturated heterocycles. The highest BCUT2D eigenvalue weighted by Gasteiger charge is 2.46. The van der Waals surface area contributed by atoms with Crippen LogP contribution in [0, 0.1) is 11.2 Å². The highest BCUT2D eigenvalue weighted by atomic mass is 19.1. The topological polar surface area (TPSA) is 85.6 Å². The first-order valence-electron chi connectivity index (χ1n) is 13.1. The first-order chi connectivity index (χ1) is 18.0. The van der Waals surface area contributed by atoms with Crippen molar-refractivity contribution in [2.45, 2.75) is 59.0 Å². The van der Waals surface area contributed by atoms with Crippen LogP contribution < -0.4 is 9.64 Å². The molecular formula is C28H35FN6O3. The Morgan fingerprint density at radius 2 is 1.89 bits per heavy atom. The van der Waals surface area contributed by atoms with Crippen LogP contribution in [0.4, 0.5) is 15.0 Å². The molecule has 2 fully saturated rings. The Labute approximate surface area is 222 Å². The highest BCUT2D eigenvalue weighted by molar-refractivity contribution is 5.68. The molecule has 1 aromatic carbocycles. The summed E-state index contributed by atoms with van der Waals surface area (Å²) in [4.78, 5) is 29.9. The number of carbonyl (C=O) groups is 1. The molecule has 1 spiro atoms. The number of rotatable bonds is 5. The van der Waals surface area contributed by atoms with Gasteiger partial charge in [0, 0.05) is 56.0 Å². The molecule has 202 valence electrons. The van der Waals surface area contributed by atoms with Gasteiger partial charge in [-0.2, -0.15) is 0 Å². The van der Waals surface area contributed by atoms with Crippen LogP contribution in [0.1, 0.15) is 59.2 Å². The number of amides is 1. The molecule has 10 heteroatoms. The van der Waals surface area contributed by atoms with Crippen molar-refractivity contribution in [3.05, 3.63) is 54.8 Å². The lowest BCUT2D eigenvalue weighted by Gasteiger charge is -2.27. The molecule has 3 aromatic rings. The lowest BCUT2D eigenvalue weighted by atomic mass is 9.86. The summed E-state index contributed by atoms with van der Waals surface area (Å²) < 4.78 is 28.1. The van der Waals surface area contributed by atoms with Gasteiger partial charge in [0.25, 0.3) is 0 Å². The molecule has 0 N–H and O–H groups in total. The second-order valence-electron chi connectivity index (χ2n) is 11.6. The Balaban J connectivity index is 1.37. The van der Waals surface area contributed by atoms with E-state index in [-0.39, 0.29) is 23.2 Å². The number of halogens is 1. The molecule has 0 radical (unpaired) electrons. The molecule has 2 aliphatic rings. The fraction of sp³-hybridized carbons (Fsp3) is 0.500. The lowest BCUT2D eigenvalue weighted by molar-refractivity contribution is 0.0276. The third-order valence-corrected chi connectivity index (χ3v) is 7.07. The maximum absolute atomic E-state index is 14.3. The van der Waals surface area contributed by atoms with E-state index in [1.165, 1.54) is 18.5 Å². The first-order valence-corrected chi connectivity index (χ1v) is 13.1. The minimum absolute atomic E-state index is 0.0247. The summed E-state index contributed by atoms with van der Waals surface area (Å²) in [6, 6.07) is 4.44. The van der Waals surface area contributed by atoms with Gasteiger partial charge in [0.15, 0.2) is 17.3 Å². The number of nitrogens with zero attached hydrogens (tertiary/aromatic N) is 6. The second kappa shape index (κ2) is 9.89. The molecule has 2 aliphatic heterocycles. The average Bonchev–Trinajstić information content (AvgIpc) is 3.60. The minimum atomic E-state index is -0.520. The average molecular weight is 523 g/mol. The van der Waals surface area contributed by atoms with Crippen molar-refractivity contribution >= 4 is 11.9 Å². The van der Waals surface area contributed by atoms with E-state index in [1.54, 1.807) is 24.7 Å². The zero-order chi connectivity index (χ0) is 27.1. The maximum Gasteiger partial charge on any atom is 0.410 e. The predicted octanol–water partition coefficient (Wildman–Crippen LogP) is 5.55. The molecule has 1 amide bonds. The number of imidazole rings is 1. The van der Waals surface area contributed by atoms with Gasteiger partial charge in [0.1, 0.15) is 23.6 Å². The van der Waals surface area contributed by atoms with Crippen LogP contribution in [0.15, 0.2) is 43.1 Å². The Hall–Kier alpha value is -3.69. The Morgan fingerprint density at radius 3 is 2.66 bits per heavy atom. The zero-order valence-electron chi connectivity index (χ0n) is 22.6. The van der Waals surface area contributed by atoms with E-state index in [9.17, 15) is 9.18 Å². The van der Waals surface area contributed by atoms with Crippen molar-refractivity contribution in [3.63, 3.8) is 0 Å². The fourth-order valence-electron chi connectivity index (χ4n) is 5.32. The van der Waals surface area contributed by atoms with E-state index in [0.717, 1.165) is 31.8 Å². The van der Waals surface area contributed by atoms with E-state index in [0.29, 0.717) is 36.1 Å². The van der Waals surface area contributed by atoms with E-state index in [2.05, 4.69) is 19.9 Å². The predicted molar refractivity (Wildman–Crippen MR) is 141 cm³/mol. The van der Waals surface area contributed by atoms with E-state index >= 15 is 0 Å². The Morgan fingerprint density at radius 1 is 1.11 bits per heavy atom. The standard InChI is InChI=1S/C28H35FN6O3/c1-19(2)24-31-10-13-35(24)21-14-20(29)6-7-22(21)37-23-15-30-18-32-25(23)33-11-8-28(16-33)9-12-34(17-28)26(36)38-27(3,4)5/h6-7,10,13-15,18-19H,8-9,11-12,16-17H2,1-5H3. The van der Waals surface area contributed by atoms with Crippen LogP contribution >= 0.6 is 0 Å². The van der Waals surface area contributed by atoms with Crippen molar-refractivity contribution in [1.82, 2.24) is 24.4 Å². The Bertz CT molecular complexity index is 1320. The summed E-state index contributed by atoms with van der Waals surface area (Å²) in [5.41, 5.74) is 0.0131. The van der Waals surface area contributed by atoms with Crippen LogP contribution in [-0.2, 0) is 4.74 Å². The molecule has 4 heterocycles. The molecule has 1 atom stereocenters. The Kier molecular flexibility index (Phi) is 6.75. The van der Waals surface area contributed by atoms with Crippen molar-refractivity contribution in [2.24, 2.45) is 5.41 Å². The lowest BCUT2D eigenvalue weighted by Crippen LogP contribution is -2.37. The van der Waals surface area contributed by atoms with Crippen molar-refractivity contribution in [2.75, 3.05) is 31.1 Å². The van der Waals surface area contributed by atoms with E-state index in [1.807, 2.05) is 44.1 Å². The molecular weight excluding hydrogens is 487 g/mol. The number of carbonyl (C=O) groups excluding carboxylic acids is 1. The smallest absolute Gasteiger partial charge is 0.410 e. The van der Waals surface area contributed by atoms with Gasteiger partial charge in [0.2, 0.25) is 0 Å². The molecule has 0 bridgehead atoms. The number of hydrogen-bond donors (Lipinski definition) is 0. The van der Waals surface area contributed by atoms with Crippen LogP contribution in [0.25, 0.3) is 5.69 Å². The molecule has 0 aliphatic carbocycles. The molecule has 2 aromatic heterocycles. The summed E-state index contributed by atoms with van der Waals surface area (Å²) >= 11 is 0. The van der Waals surface area contributed by atoms with Gasteiger partial charge < -0.3 is 19.3 Å². The number of anilines is 1. The number of likely N-dealkylation sites (tertiary alicyclic amines) is 1. The van der Waals surface area contributed by atoms with Crippen LogP contribution in [-0.4, -0.2) is 62.3 Å². The van der Waals surface area contributed by atoms with Gasteiger partial charge in [-0.15, -0.1) is 0 Å². The molecule has 1 unspecified atom stereocenters. The molecule has 38 heavy (non-hydrogen) atoms. The minimum Gasteiger partial charge on any atom is -0.450 e.